The molecule has 1 N–H and O–H groups in total. The maximum atomic E-state index is 12.5. The third-order valence-electron chi connectivity index (χ3n) is 4.28. The molecule has 6 nitrogen and oxygen atoms in total. The predicted molar refractivity (Wildman–Crippen MR) is 99.1 cm³/mol. The molecule has 0 bridgehead atoms. The lowest BCUT2D eigenvalue weighted by Gasteiger charge is -2.39. The number of amides is 2. The Morgan fingerprint density at radius 2 is 2.00 bits per heavy atom. The van der Waals surface area contributed by atoms with Gasteiger partial charge < -0.3 is 15.0 Å². The number of carbonyl (C=O) groups excluding carboxylic acids is 2. The Labute approximate surface area is 154 Å². The fourth-order valence-corrected chi connectivity index (χ4v) is 3.55. The molecule has 2 heterocycles. The normalized spacial score (nSPS) is 14.1. The second-order valence-electron chi connectivity index (χ2n) is 6.15. The van der Waals surface area contributed by atoms with E-state index < -0.39 is 6.09 Å². The van der Waals surface area contributed by atoms with E-state index in [4.69, 9.17) is 4.74 Å². The van der Waals surface area contributed by atoms with Crippen molar-refractivity contribution in [2.75, 3.05) is 13.1 Å². The molecule has 3 aromatic rings. The van der Waals surface area contributed by atoms with Crippen LogP contribution in [0.1, 0.15) is 15.9 Å². The molecule has 1 aliphatic rings. The average molecular weight is 367 g/mol. The molecular formula is C19H17N3O3S. The zero-order chi connectivity index (χ0) is 17.9. The van der Waals surface area contributed by atoms with Gasteiger partial charge in [-0.25, -0.2) is 9.78 Å². The Morgan fingerprint density at radius 1 is 1.19 bits per heavy atom. The molecule has 7 heteroatoms. The number of hydrogen-bond donors (Lipinski definition) is 1. The summed E-state index contributed by atoms with van der Waals surface area (Å²) in [7, 11) is 0. The van der Waals surface area contributed by atoms with Crippen LogP contribution in [0.25, 0.3) is 10.2 Å². The van der Waals surface area contributed by atoms with E-state index in [9.17, 15) is 9.59 Å². The summed E-state index contributed by atoms with van der Waals surface area (Å²) in [6.07, 6.45) is -0.461. The fourth-order valence-electron chi connectivity index (χ4n) is 2.84. The van der Waals surface area contributed by atoms with Gasteiger partial charge >= 0.3 is 6.09 Å². The lowest BCUT2D eigenvalue weighted by atomic mass is 10.1. The Bertz CT molecular complexity index is 935. The van der Waals surface area contributed by atoms with Crippen LogP contribution < -0.4 is 5.32 Å². The Morgan fingerprint density at radius 3 is 2.81 bits per heavy atom. The summed E-state index contributed by atoms with van der Waals surface area (Å²) in [5, 5.41) is 2.79. The summed E-state index contributed by atoms with van der Waals surface area (Å²) < 4.78 is 6.19. The van der Waals surface area contributed by atoms with Gasteiger partial charge in [-0.1, -0.05) is 30.3 Å². The maximum Gasteiger partial charge on any atom is 0.407 e. The molecule has 1 aliphatic heterocycles. The molecule has 2 amide bonds. The Kier molecular flexibility index (Phi) is 4.53. The zero-order valence-corrected chi connectivity index (χ0v) is 14.7. The number of alkyl carbamates (subject to hydrolysis) is 1. The molecule has 1 aromatic heterocycles. The number of hydrogen-bond acceptors (Lipinski definition) is 5. The van der Waals surface area contributed by atoms with Crippen LogP contribution in [-0.4, -0.2) is 41.0 Å². The first-order valence-electron chi connectivity index (χ1n) is 8.29. The standard InChI is InChI=1S/C19H17N3O3S/c23-18(14-6-7-16-17(8-14)26-12-20-16)22-9-15(10-22)21-19(24)25-11-13-4-2-1-3-5-13/h1-8,12,15H,9-11H2,(H,21,24). The molecule has 0 spiro atoms. The molecule has 0 saturated carbocycles. The van der Waals surface area contributed by atoms with E-state index in [0.29, 0.717) is 18.7 Å². The number of nitrogens with one attached hydrogen (secondary N) is 1. The van der Waals surface area contributed by atoms with Crippen LogP contribution in [0.3, 0.4) is 0 Å². The van der Waals surface area contributed by atoms with Crippen molar-refractivity contribution in [1.82, 2.24) is 15.2 Å². The summed E-state index contributed by atoms with van der Waals surface area (Å²) in [4.78, 5) is 30.3. The zero-order valence-electron chi connectivity index (χ0n) is 13.9. The van der Waals surface area contributed by atoms with Gasteiger partial charge in [-0.05, 0) is 23.8 Å². The lowest BCUT2D eigenvalue weighted by Crippen LogP contribution is -2.61. The monoisotopic (exact) mass is 367 g/mol. The third kappa shape index (κ3) is 3.52. The van der Waals surface area contributed by atoms with E-state index in [1.165, 1.54) is 11.3 Å². The highest BCUT2D eigenvalue weighted by atomic mass is 32.1. The number of rotatable bonds is 4. The average Bonchev–Trinajstić information content (AvgIpc) is 3.10. The van der Waals surface area contributed by atoms with E-state index in [0.717, 1.165) is 15.8 Å². The molecular weight excluding hydrogens is 350 g/mol. The number of ether oxygens (including phenoxy) is 1. The first-order chi connectivity index (χ1) is 12.7. The van der Waals surface area contributed by atoms with Crippen molar-refractivity contribution >= 4 is 33.6 Å². The van der Waals surface area contributed by atoms with Gasteiger partial charge in [0.1, 0.15) is 6.61 Å². The first kappa shape index (κ1) is 16.5. The quantitative estimate of drug-likeness (QED) is 0.769. The summed E-state index contributed by atoms with van der Waals surface area (Å²) >= 11 is 1.51. The highest BCUT2D eigenvalue weighted by molar-refractivity contribution is 7.16. The maximum absolute atomic E-state index is 12.5. The summed E-state index contributed by atoms with van der Waals surface area (Å²) in [5.74, 6) is -0.0315. The number of thiazole rings is 1. The number of nitrogens with zero attached hydrogens (tertiary/aromatic N) is 2. The van der Waals surface area contributed by atoms with E-state index in [2.05, 4.69) is 10.3 Å². The van der Waals surface area contributed by atoms with Crippen LogP contribution >= 0.6 is 11.3 Å². The summed E-state index contributed by atoms with van der Waals surface area (Å²) in [6.45, 7) is 1.21. The summed E-state index contributed by atoms with van der Waals surface area (Å²) in [6, 6.07) is 14.9. The minimum absolute atomic E-state index is 0.0315. The van der Waals surface area contributed by atoms with Gasteiger partial charge in [0.2, 0.25) is 0 Å². The van der Waals surface area contributed by atoms with Gasteiger partial charge in [0, 0.05) is 18.7 Å². The fraction of sp³-hybridized carbons (Fsp3) is 0.211. The van der Waals surface area contributed by atoms with Crippen LogP contribution in [0.2, 0.25) is 0 Å². The van der Waals surface area contributed by atoms with Crippen LogP contribution in [0.5, 0.6) is 0 Å². The second kappa shape index (κ2) is 7.13. The predicted octanol–water partition coefficient (Wildman–Crippen LogP) is 3.05. The van der Waals surface area contributed by atoms with Gasteiger partial charge in [-0.15, -0.1) is 11.3 Å². The first-order valence-corrected chi connectivity index (χ1v) is 9.17. The van der Waals surface area contributed by atoms with E-state index in [-0.39, 0.29) is 18.6 Å². The molecule has 4 rings (SSSR count). The number of benzene rings is 2. The van der Waals surface area contributed by atoms with Crippen LogP contribution in [0, 0.1) is 0 Å². The van der Waals surface area contributed by atoms with Crippen LogP contribution in [0.15, 0.2) is 54.0 Å². The van der Waals surface area contributed by atoms with Gasteiger partial charge in [-0.2, -0.15) is 0 Å². The van der Waals surface area contributed by atoms with E-state index in [1.54, 1.807) is 16.5 Å². The molecule has 0 radical (unpaired) electrons. The number of likely N-dealkylation sites (tertiary alicyclic amines) is 1. The topological polar surface area (TPSA) is 71.5 Å². The number of aromatic nitrogens is 1. The Hall–Kier alpha value is -2.93. The van der Waals surface area contributed by atoms with E-state index >= 15 is 0 Å². The van der Waals surface area contributed by atoms with Gasteiger partial charge in [0.25, 0.3) is 5.91 Å². The molecule has 132 valence electrons. The number of fused-ring (bicyclic) bond motifs is 1. The van der Waals surface area contributed by atoms with Crippen molar-refractivity contribution in [2.24, 2.45) is 0 Å². The lowest BCUT2D eigenvalue weighted by molar-refractivity contribution is 0.0546. The Balaban J connectivity index is 1.25. The molecule has 26 heavy (non-hydrogen) atoms. The molecule has 2 aromatic carbocycles. The van der Waals surface area contributed by atoms with Crippen LogP contribution in [-0.2, 0) is 11.3 Å². The van der Waals surface area contributed by atoms with Crippen molar-refractivity contribution in [3.8, 4) is 0 Å². The minimum atomic E-state index is -0.461. The number of carbonyl (C=O) groups is 2. The van der Waals surface area contributed by atoms with Crippen molar-refractivity contribution in [1.29, 1.82) is 0 Å². The molecule has 0 atom stereocenters. The minimum Gasteiger partial charge on any atom is -0.445 e. The molecule has 0 aliphatic carbocycles. The molecule has 0 unspecified atom stereocenters. The largest absolute Gasteiger partial charge is 0.445 e. The second-order valence-corrected chi connectivity index (χ2v) is 7.03. The highest BCUT2D eigenvalue weighted by Gasteiger charge is 2.32. The van der Waals surface area contributed by atoms with Crippen molar-refractivity contribution in [2.45, 2.75) is 12.6 Å². The van der Waals surface area contributed by atoms with Crippen LogP contribution in [0.4, 0.5) is 4.79 Å². The smallest absolute Gasteiger partial charge is 0.407 e. The SMILES string of the molecule is O=C(NC1CN(C(=O)c2ccc3ncsc3c2)C1)OCc1ccccc1. The summed E-state index contributed by atoms with van der Waals surface area (Å²) in [5.41, 5.74) is 4.25. The highest BCUT2D eigenvalue weighted by Crippen LogP contribution is 2.21. The molecule has 1 fully saturated rings. The van der Waals surface area contributed by atoms with Crippen molar-refractivity contribution < 1.29 is 14.3 Å². The van der Waals surface area contributed by atoms with Gasteiger partial charge in [0.15, 0.2) is 0 Å². The van der Waals surface area contributed by atoms with Crippen molar-refractivity contribution in [3.05, 3.63) is 65.2 Å². The van der Waals surface area contributed by atoms with E-state index in [1.807, 2.05) is 42.5 Å². The van der Waals surface area contributed by atoms with Crippen molar-refractivity contribution in [3.63, 3.8) is 0 Å². The third-order valence-corrected chi connectivity index (χ3v) is 5.07. The molecule has 1 saturated heterocycles. The van der Waals surface area contributed by atoms with Gasteiger partial charge in [0.05, 0.1) is 21.8 Å². The van der Waals surface area contributed by atoms with Gasteiger partial charge in [-0.3, -0.25) is 4.79 Å².